The third-order valence-electron chi connectivity index (χ3n) is 5.02. The predicted octanol–water partition coefficient (Wildman–Crippen LogP) is 5.02. The summed E-state index contributed by atoms with van der Waals surface area (Å²) in [7, 11) is 0. The minimum atomic E-state index is -0.496. The lowest BCUT2D eigenvalue weighted by Crippen LogP contribution is -2.44. The molecule has 0 radical (unpaired) electrons. The normalized spacial score (nSPS) is 14.7. The number of nitro groups is 1. The van der Waals surface area contributed by atoms with Crippen LogP contribution in [0.5, 0.6) is 0 Å². The first-order valence-corrected chi connectivity index (χ1v) is 11.0. The van der Waals surface area contributed by atoms with E-state index in [1.54, 1.807) is 55.5 Å². The molecule has 33 heavy (non-hydrogen) atoms. The van der Waals surface area contributed by atoms with E-state index in [2.05, 4.69) is 5.43 Å². The number of furan rings is 1. The monoisotopic (exact) mass is 479 g/mol. The number of benzene rings is 2. The van der Waals surface area contributed by atoms with Crippen LogP contribution in [0.25, 0.3) is 17.4 Å². The first-order chi connectivity index (χ1) is 15.7. The van der Waals surface area contributed by atoms with Gasteiger partial charge in [-0.05, 0) is 67.5 Å². The van der Waals surface area contributed by atoms with E-state index < -0.39 is 16.7 Å². The summed E-state index contributed by atoms with van der Waals surface area (Å²) in [5, 5.41) is 12.5. The largest absolute Gasteiger partial charge is 0.456 e. The van der Waals surface area contributed by atoms with Crippen LogP contribution in [-0.2, 0) is 4.79 Å². The Kier molecular flexibility index (Phi) is 6.12. The summed E-state index contributed by atoms with van der Waals surface area (Å²) in [6, 6.07) is 14.9. The molecule has 0 aliphatic carbocycles. The highest BCUT2D eigenvalue weighted by atomic mass is 32.2. The maximum Gasteiger partial charge on any atom is 0.285 e. The Bertz CT molecular complexity index is 1330. The number of hydrogen-bond acceptors (Lipinski definition) is 7. The molecule has 3 aromatic rings. The Labute approximate surface area is 198 Å². The smallest absolute Gasteiger partial charge is 0.285 e. The fourth-order valence-corrected chi connectivity index (χ4v) is 4.33. The van der Waals surface area contributed by atoms with Crippen molar-refractivity contribution in [1.82, 2.24) is 10.4 Å². The molecule has 1 aliphatic heterocycles. The molecule has 0 unspecified atom stereocenters. The molecule has 1 N–H and O–H groups in total. The van der Waals surface area contributed by atoms with E-state index in [1.165, 1.54) is 12.1 Å². The average molecular weight is 480 g/mol. The zero-order valence-electron chi connectivity index (χ0n) is 17.5. The van der Waals surface area contributed by atoms with Crippen LogP contribution >= 0.6 is 24.0 Å². The van der Waals surface area contributed by atoms with Crippen LogP contribution in [0.15, 0.2) is 63.9 Å². The highest BCUT2D eigenvalue weighted by molar-refractivity contribution is 8.26. The highest BCUT2D eigenvalue weighted by Gasteiger charge is 2.34. The maximum atomic E-state index is 12.8. The fourth-order valence-electron chi connectivity index (χ4n) is 3.17. The van der Waals surface area contributed by atoms with Crippen molar-refractivity contribution < 1.29 is 18.9 Å². The highest BCUT2D eigenvalue weighted by Crippen LogP contribution is 2.36. The van der Waals surface area contributed by atoms with Crippen molar-refractivity contribution in [3.05, 3.63) is 92.1 Å². The molecule has 0 bridgehead atoms. The van der Waals surface area contributed by atoms with Crippen molar-refractivity contribution in [3.63, 3.8) is 0 Å². The minimum Gasteiger partial charge on any atom is -0.456 e. The van der Waals surface area contributed by atoms with Crippen molar-refractivity contribution >= 4 is 51.9 Å². The van der Waals surface area contributed by atoms with Crippen LogP contribution in [0.2, 0.25) is 0 Å². The average Bonchev–Trinajstić information content (AvgIpc) is 3.36. The van der Waals surface area contributed by atoms with Crippen molar-refractivity contribution in [1.29, 1.82) is 0 Å². The Morgan fingerprint density at radius 3 is 2.55 bits per heavy atom. The molecule has 166 valence electrons. The quantitative estimate of drug-likeness (QED) is 0.237. The Morgan fingerprint density at radius 2 is 1.85 bits per heavy atom. The zero-order chi connectivity index (χ0) is 23.7. The number of nitrogens with zero attached hydrogens (tertiary/aromatic N) is 2. The van der Waals surface area contributed by atoms with Gasteiger partial charge in [0.05, 0.1) is 15.4 Å². The van der Waals surface area contributed by atoms with Gasteiger partial charge in [-0.3, -0.25) is 25.1 Å². The van der Waals surface area contributed by atoms with E-state index in [1.807, 2.05) is 6.92 Å². The third-order valence-corrected chi connectivity index (χ3v) is 6.32. The molecule has 0 spiro atoms. The van der Waals surface area contributed by atoms with E-state index in [9.17, 15) is 19.7 Å². The van der Waals surface area contributed by atoms with E-state index in [4.69, 9.17) is 16.6 Å². The second-order valence-electron chi connectivity index (χ2n) is 7.24. The van der Waals surface area contributed by atoms with Gasteiger partial charge in [-0.25, -0.2) is 0 Å². The van der Waals surface area contributed by atoms with Crippen molar-refractivity contribution in [3.8, 4) is 11.3 Å². The van der Waals surface area contributed by atoms with Crippen LogP contribution in [0.4, 0.5) is 5.69 Å². The summed E-state index contributed by atoms with van der Waals surface area (Å²) in [5.74, 6) is -0.323. The number of hydrazine groups is 1. The number of rotatable bonds is 5. The molecule has 1 aliphatic rings. The van der Waals surface area contributed by atoms with Gasteiger partial charge in [0.25, 0.3) is 17.5 Å². The summed E-state index contributed by atoms with van der Waals surface area (Å²) >= 11 is 6.26. The molecular weight excluding hydrogens is 462 g/mol. The number of nitro benzene ring substituents is 1. The Morgan fingerprint density at radius 1 is 1.15 bits per heavy atom. The molecule has 10 heteroatoms. The summed E-state index contributed by atoms with van der Waals surface area (Å²) in [4.78, 5) is 36.5. The van der Waals surface area contributed by atoms with Crippen molar-refractivity contribution in [2.75, 3.05) is 0 Å². The second kappa shape index (κ2) is 9.00. The lowest BCUT2D eigenvalue weighted by molar-refractivity contribution is -0.384. The molecule has 2 amide bonds. The molecule has 1 aromatic heterocycles. The van der Waals surface area contributed by atoms with E-state index in [-0.39, 0.29) is 14.9 Å². The first-order valence-electron chi connectivity index (χ1n) is 9.74. The van der Waals surface area contributed by atoms with Crippen LogP contribution in [0.1, 0.15) is 27.2 Å². The van der Waals surface area contributed by atoms with Gasteiger partial charge in [-0.15, -0.1) is 0 Å². The third kappa shape index (κ3) is 4.57. The van der Waals surface area contributed by atoms with Gasteiger partial charge in [0.2, 0.25) is 0 Å². The van der Waals surface area contributed by atoms with Crippen molar-refractivity contribution in [2.24, 2.45) is 0 Å². The number of thiocarbonyl (C=S) groups is 1. The second-order valence-corrected chi connectivity index (χ2v) is 8.91. The lowest BCUT2D eigenvalue weighted by Gasteiger charge is -2.15. The van der Waals surface area contributed by atoms with Crippen LogP contribution in [-0.4, -0.2) is 26.1 Å². The summed E-state index contributed by atoms with van der Waals surface area (Å²) in [6.07, 6.45) is 1.49. The molecule has 4 rings (SSSR count). The molecule has 8 nitrogen and oxygen atoms in total. The zero-order valence-corrected chi connectivity index (χ0v) is 19.2. The van der Waals surface area contributed by atoms with E-state index in [0.29, 0.717) is 22.6 Å². The number of carbonyl (C=O) groups excluding carboxylic acids is 2. The van der Waals surface area contributed by atoms with Gasteiger partial charge >= 0.3 is 0 Å². The number of aryl methyl sites for hydroxylation is 2. The van der Waals surface area contributed by atoms with Crippen LogP contribution in [0.3, 0.4) is 0 Å². The van der Waals surface area contributed by atoms with Crippen LogP contribution in [0, 0.1) is 24.0 Å². The van der Waals surface area contributed by atoms with Gasteiger partial charge in [0.15, 0.2) is 4.32 Å². The first kappa shape index (κ1) is 22.4. The number of carbonyl (C=O) groups is 2. The topological polar surface area (TPSA) is 106 Å². The molecule has 1 saturated heterocycles. The Hall–Kier alpha value is -3.76. The molecular formula is C23H17N3O5S2. The van der Waals surface area contributed by atoms with Crippen LogP contribution < -0.4 is 5.43 Å². The number of nitrogens with one attached hydrogen (secondary N) is 1. The molecule has 2 heterocycles. The van der Waals surface area contributed by atoms with Crippen molar-refractivity contribution in [2.45, 2.75) is 13.8 Å². The van der Waals surface area contributed by atoms with Gasteiger partial charge in [0.1, 0.15) is 11.5 Å². The summed E-state index contributed by atoms with van der Waals surface area (Å²) < 4.78 is 5.96. The van der Waals surface area contributed by atoms with Gasteiger partial charge in [-0.2, -0.15) is 5.01 Å². The Balaban J connectivity index is 1.57. The fraction of sp³-hybridized carbons (Fsp3) is 0.0870. The number of thioether (sulfide) groups is 1. The molecule has 1 fully saturated rings. The standard InChI is InChI=1S/C23H17N3O5S2/c1-13-10-17(18(26(29)30)11-14(13)2)19-9-8-16(31-19)12-20-22(28)25(23(32)33-20)24-21(27)15-6-4-3-5-7-15/h3-12H,1-2H3,(H,24,27)/b20-12-. The predicted molar refractivity (Wildman–Crippen MR) is 129 cm³/mol. The molecule has 2 aromatic carbocycles. The summed E-state index contributed by atoms with van der Waals surface area (Å²) in [5.41, 5.74) is 4.89. The maximum absolute atomic E-state index is 12.8. The number of amides is 2. The molecule has 0 atom stereocenters. The van der Waals surface area contributed by atoms with E-state index in [0.717, 1.165) is 27.9 Å². The molecule has 0 saturated carbocycles. The lowest BCUT2D eigenvalue weighted by atomic mass is 10.0. The minimum absolute atomic E-state index is 0.0612. The van der Waals surface area contributed by atoms with Gasteiger partial charge in [-0.1, -0.05) is 30.0 Å². The number of hydrogen-bond donors (Lipinski definition) is 1. The van der Waals surface area contributed by atoms with E-state index >= 15 is 0 Å². The van der Waals surface area contributed by atoms with Gasteiger partial charge in [0, 0.05) is 17.7 Å². The van der Waals surface area contributed by atoms with Gasteiger partial charge < -0.3 is 4.42 Å². The summed E-state index contributed by atoms with van der Waals surface area (Å²) in [6.45, 7) is 3.67. The SMILES string of the molecule is Cc1cc(-c2ccc(/C=C3\SC(=S)N(NC(=O)c4ccccc4)C3=O)o2)c([N+](=O)[O-])cc1C.